The number of hydrogen-bond donors (Lipinski definition) is 1. The van der Waals surface area contributed by atoms with Crippen molar-refractivity contribution in [3.63, 3.8) is 0 Å². The zero-order valence-corrected chi connectivity index (χ0v) is 18.9. The summed E-state index contributed by atoms with van der Waals surface area (Å²) in [7, 11) is 0. The fraction of sp³-hybridized carbons (Fsp3) is 0.542. The molecule has 1 N–H and O–H groups in total. The van der Waals surface area contributed by atoms with E-state index in [1.165, 1.54) is 32.1 Å². The third kappa shape index (κ3) is 5.54. The molecule has 6 heteroatoms. The second kappa shape index (κ2) is 9.82. The number of piperidine rings is 1. The first-order valence-electron chi connectivity index (χ1n) is 11.3. The molecular weight excluding hydrogens is 392 g/mol. The molecule has 1 saturated carbocycles. The zero-order chi connectivity index (χ0) is 20.9. The molecule has 30 heavy (non-hydrogen) atoms. The highest BCUT2D eigenvalue weighted by molar-refractivity contribution is 7.98. The highest BCUT2D eigenvalue weighted by Gasteiger charge is 2.22. The van der Waals surface area contributed by atoms with Crippen molar-refractivity contribution in [2.75, 3.05) is 18.0 Å². The number of hydrogen-bond acceptors (Lipinski definition) is 5. The molecule has 1 aromatic carbocycles. The normalized spacial score (nSPS) is 19.0. The number of nitrogens with one attached hydrogen (secondary N) is 1. The van der Waals surface area contributed by atoms with Crippen LogP contribution < -0.4 is 10.2 Å². The highest BCUT2D eigenvalue weighted by Crippen LogP contribution is 2.28. The van der Waals surface area contributed by atoms with Gasteiger partial charge in [-0.2, -0.15) is 0 Å². The van der Waals surface area contributed by atoms with E-state index in [-0.39, 0.29) is 5.91 Å². The molecule has 1 aliphatic heterocycles. The van der Waals surface area contributed by atoms with Crippen molar-refractivity contribution in [3.8, 4) is 0 Å². The van der Waals surface area contributed by atoms with Gasteiger partial charge in [0.15, 0.2) is 5.16 Å². The van der Waals surface area contributed by atoms with E-state index in [2.05, 4.69) is 36.2 Å². The summed E-state index contributed by atoms with van der Waals surface area (Å²) in [6, 6.07) is 10.6. The second-order valence-electron chi connectivity index (χ2n) is 8.53. The average molecular weight is 425 g/mol. The zero-order valence-electron chi connectivity index (χ0n) is 18.1. The van der Waals surface area contributed by atoms with Crippen LogP contribution in [0.4, 0.5) is 5.82 Å². The maximum Gasteiger partial charge on any atom is 0.251 e. The van der Waals surface area contributed by atoms with Crippen LogP contribution in [0, 0.1) is 5.92 Å². The number of thioether (sulfide) groups is 1. The summed E-state index contributed by atoms with van der Waals surface area (Å²) in [4.78, 5) is 24.4. The van der Waals surface area contributed by atoms with Crippen molar-refractivity contribution < 1.29 is 4.79 Å². The lowest BCUT2D eigenvalue weighted by molar-refractivity contribution is 0.0951. The fourth-order valence-corrected chi connectivity index (χ4v) is 4.72. The van der Waals surface area contributed by atoms with Gasteiger partial charge in [0.2, 0.25) is 0 Å². The quantitative estimate of drug-likeness (QED) is 0.485. The summed E-state index contributed by atoms with van der Waals surface area (Å²) in [6.45, 7) is 6.31. The van der Waals surface area contributed by atoms with Crippen molar-refractivity contribution >= 4 is 23.5 Å². The Morgan fingerprint density at radius 1 is 1.20 bits per heavy atom. The van der Waals surface area contributed by atoms with Crippen LogP contribution in [-0.2, 0) is 12.2 Å². The number of benzene rings is 1. The van der Waals surface area contributed by atoms with Gasteiger partial charge in [0.25, 0.3) is 5.91 Å². The van der Waals surface area contributed by atoms with Crippen molar-refractivity contribution in [1.29, 1.82) is 0 Å². The number of amides is 1. The Kier molecular flexibility index (Phi) is 6.93. The van der Waals surface area contributed by atoms with Gasteiger partial charge in [0.1, 0.15) is 5.82 Å². The van der Waals surface area contributed by atoms with Gasteiger partial charge in [-0.15, -0.1) is 0 Å². The van der Waals surface area contributed by atoms with Gasteiger partial charge >= 0.3 is 0 Å². The lowest BCUT2D eigenvalue weighted by atomic mass is 10.0. The topological polar surface area (TPSA) is 58.1 Å². The van der Waals surface area contributed by atoms with E-state index >= 15 is 0 Å². The molecule has 0 spiro atoms. The van der Waals surface area contributed by atoms with Gasteiger partial charge in [0, 0.05) is 42.2 Å². The highest BCUT2D eigenvalue weighted by atomic mass is 32.2. The van der Waals surface area contributed by atoms with Gasteiger partial charge in [-0.25, -0.2) is 9.97 Å². The van der Waals surface area contributed by atoms with E-state index < -0.39 is 0 Å². The molecule has 2 aromatic rings. The Balaban J connectivity index is 1.43. The van der Waals surface area contributed by atoms with Crippen LogP contribution in [0.25, 0.3) is 0 Å². The molecule has 1 amide bonds. The van der Waals surface area contributed by atoms with Crippen LogP contribution in [0.15, 0.2) is 35.5 Å². The standard InChI is InChI=1S/C24H32N4OS/c1-3-21-14-22(28-12-5-4-7-17(28)2)27-24(26-21)30-16-19-8-6-9-20(13-19)23(29)25-15-18-10-11-18/h6,8-9,13-14,17-18H,3-5,7,10-12,15-16H2,1-2H3,(H,25,29). The Morgan fingerprint density at radius 2 is 2.07 bits per heavy atom. The number of nitrogens with zero attached hydrogens (tertiary/aromatic N) is 3. The third-order valence-corrected chi connectivity index (χ3v) is 6.93. The number of rotatable bonds is 8. The van der Waals surface area contributed by atoms with Gasteiger partial charge in [0.05, 0.1) is 0 Å². The predicted molar refractivity (Wildman–Crippen MR) is 123 cm³/mol. The lowest BCUT2D eigenvalue weighted by Crippen LogP contribution is -2.38. The van der Waals surface area contributed by atoms with Crippen LogP contribution in [-0.4, -0.2) is 35.0 Å². The number of anilines is 1. The van der Waals surface area contributed by atoms with Crippen LogP contribution in [0.1, 0.15) is 67.6 Å². The van der Waals surface area contributed by atoms with Gasteiger partial charge in [-0.3, -0.25) is 4.79 Å². The molecule has 1 aromatic heterocycles. The largest absolute Gasteiger partial charge is 0.354 e. The molecule has 160 valence electrons. The minimum Gasteiger partial charge on any atom is -0.354 e. The molecule has 1 aliphatic carbocycles. The van der Waals surface area contributed by atoms with E-state index in [1.54, 1.807) is 11.8 Å². The van der Waals surface area contributed by atoms with E-state index in [1.807, 2.05) is 18.2 Å². The SMILES string of the molecule is CCc1cc(N2CCCCC2C)nc(SCc2cccc(C(=O)NCC3CC3)c2)n1. The Bertz CT molecular complexity index is 883. The van der Waals surface area contributed by atoms with Crippen LogP contribution >= 0.6 is 11.8 Å². The summed E-state index contributed by atoms with van der Waals surface area (Å²) < 4.78 is 0. The monoisotopic (exact) mass is 424 g/mol. The first-order valence-corrected chi connectivity index (χ1v) is 12.3. The van der Waals surface area contributed by atoms with Gasteiger partial charge < -0.3 is 10.2 Å². The number of carbonyl (C=O) groups excluding carboxylic acids is 1. The fourth-order valence-electron chi connectivity index (χ4n) is 3.90. The van der Waals surface area contributed by atoms with Crippen LogP contribution in [0.5, 0.6) is 0 Å². The van der Waals surface area contributed by atoms with E-state index in [4.69, 9.17) is 9.97 Å². The third-order valence-electron chi connectivity index (χ3n) is 6.01. The molecule has 2 heterocycles. The van der Waals surface area contributed by atoms with Crippen LogP contribution in [0.2, 0.25) is 0 Å². The average Bonchev–Trinajstić information content (AvgIpc) is 3.61. The molecule has 2 aliphatic rings. The smallest absolute Gasteiger partial charge is 0.251 e. The van der Waals surface area contributed by atoms with Crippen molar-refractivity contribution in [3.05, 3.63) is 47.2 Å². The number of aryl methyl sites for hydroxylation is 1. The minimum atomic E-state index is 0.0272. The molecule has 5 nitrogen and oxygen atoms in total. The van der Waals surface area contributed by atoms with Crippen molar-refractivity contribution in [1.82, 2.24) is 15.3 Å². The number of carbonyl (C=O) groups is 1. The van der Waals surface area contributed by atoms with E-state index in [9.17, 15) is 4.79 Å². The first-order chi connectivity index (χ1) is 14.6. The Morgan fingerprint density at radius 3 is 2.83 bits per heavy atom. The molecule has 0 radical (unpaired) electrons. The van der Waals surface area contributed by atoms with Gasteiger partial charge in [-0.1, -0.05) is 30.8 Å². The molecule has 1 atom stereocenters. The maximum atomic E-state index is 12.4. The molecular formula is C24H32N4OS. The molecule has 4 rings (SSSR count). The Hall–Kier alpha value is -2.08. The Labute approximate surface area is 184 Å². The first kappa shape index (κ1) is 21.2. The summed E-state index contributed by atoms with van der Waals surface area (Å²) >= 11 is 1.65. The van der Waals surface area contributed by atoms with E-state index in [0.717, 1.165) is 53.1 Å². The van der Waals surface area contributed by atoms with Gasteiger partial charge in [-0.05, 0) is 69.1 Å². The lowest BCUT2D eigenvalue weighted by Gasteiger charge is -2.34. The summed E-state index contributed by atoms with van der Waals surface area (Å²) in [5.74, 6) is 2.53. The minimum absolute atomic E-state index is 0.0272. The number of aromatic nitrogens is 2. The van der Waals surface area contributed by atoms with E-state index in [0.29, 0.717) is 12.0 Å². The summed E-state index contributed by atoms with van der Waals surface area (Å²) in [5.41, 5.74) is 2.95. The predicted octanol–water partition coefficient (Wildman–Crippen LogP) is 4.85. The molecule has 1 unspecified atom stereocenters. The van der Waals surface area contributed by atoms with Crippen molar-refractivity contribution in [2.45, 2.75) is 69.3 Å². The van der Waals surface area contributed by atoms with Crippen molar-refractivity contribution in [2.24, 2.45) is 5.92 Å². The van der Waals surface area contributed by atoms with Crippen LogP contribution in [0.3, 0.4) is 0 Å². The summed E-state index contributed by atoms with van der Waals surface area (Å²) in [6.07, 6.45) is 7.15. The molecule has 1 saturated heterocycles. The summed E-state index contributed by atoms with van der Waals surface area (Å²) in [5, 5.41) is 3.87. The second-order valence-corrected chi connectivity index (χ2v) is 9.48. The molecule has 0 bridgehead atoms. The molecule has 2 fully saturated rings. The maximum absolute atomic E-state index is 12.4.